The molecule has 58 heavy (non-hydrogen) atoms. The summed E-state index contributed by atoms with van der Waals surface area (Å²) >= 11 is 0. The topological polar surface area (TPSA) is 0 Å². The summed E-state index contributed by atoms with van der Waals surface area (Å²) in [7, 11) is 0. The van der Waals surface area contributed by atoms with Gasteiger partial charge in [0, 0.05) is 0 Å². The molecule has 0 heteroatoms. The van der Waals surface area contributed by atoms with Crippen molar-refractivity contribution in [3.8, 4) is 44.5 Å². The van der Waals surface area contributed by atoms with Gasteiger partial charge < -0.3 is 0 Å². The SMILES string of the molecule is [2H]c1c([2H])c([2H])c2c(-c3cc4ccc5ccccc5c4c4cc(-c5c6ccccc6c(-c6ccccc6)c6ccccc56)ccc34)c3c([2H])c([2H])c([2H])c([2H])c3c(-c3ccccc3)c2c1[2H]. The van der Waals surface area contributed by atoms with Crippen molar-refractivity contribution >= 4 is 75.4 Å². The van der Waals surface area contributed by atoms with Crippen molar-refractivity contribution in [2.75, 3.05) is 0 Å². The number of fused-ring (bicyclic) bond motifs is 9. The molecule has 0 spiro atoms. The summed E-state index contributed by atoms with van der Waals surface area (Å²) in [4.78, 5) is 0. The number of hydrogen-bond acceptors (Lipinski definition) is 0. The number of benzene rings is 12. The van der Waals surface area contributed by atoms with Crippen molar-refractivity contribution in [1.29, 1.82) is 0 Å². The Hall–Kier alpha value is -7.54. The van der Waals surface area contributed by atoms with E-state index in [4.69, 9.17) is 5.48 Å². The number of hydrogen-bond donors (Lipinski definition) is 0. The van der Waals surface area contributed by atoms with Crippen LogP contribution in [0.3, 0.4) is 0 Å². The van der Waals surface area contributed by atoms with E-state index in [9.17, 15) is 5.48 Å². The first-order valence-corrected chi connectivity index (χ1v) is 19.5. The minimum Gasteiger partial charge on any atom is -0.0622 e. The zero-order chi connectivity index (χ0) is 45.1. The summed E-state index contributed by atoms with van der Waals surface area (Å²) in [5, 5.41) is 10.8. The molecule has 0 N–H and O–H groups in total. The van der Waals surface area contributed by atoms with E-state index in [1.807, 2.05) is 54.6 Å². The third-order valence-electron chi connectivity index (χ3n) is 11.8. The van der Waals surface area contributed by atoms with Crippen LogP contribution in [-0.2, 0) is 0 Å². The Labute approximate surface area is 348 Å². The molecule has 12 aromatic rings. The van der Waals surface area contributed by atoms with Crippen LogP contribution in [0, 0.1) is 0 Å². The molecular formula is C58H36. The van der Waals surface area contributed by atoms with E-state index in [0.717, 1.165) is 76.1 Å². The Morgan fingerprint density at radius 3 is 1.24 bits per heavy atom. The zero-order valence-electron chi connectivity index (χ0n) is 39.2. The summed E-state index contributed by atoms with van der Waals surface area (Å²) in [5.74, 6) is 0. The van der Waals surface area contributed by atoms with Gasteiger partial charge in [-0.25, -0.2) is 0 Å². The van der Waals surface area contributed by atoms with E-state index in [-0.39, 0.29) is 45.7 Å². The van der Waals surface area contributed by atoms with E-state index in [1.54, 1.807) is 0 Å². The molecule has 0 aromatic heterocycles. The quantitative estimate of drug-likeness (QED) is 0.124. The van der Waals surface area contributed by atoms with E-state index < -0.39 is 24.2 Å². The summed E-state index contributed by atoms with van der Waals surface area (Å²) in [5.41, 5.74) is 6.19. The highest BCUT2D eigenvalue weighted by molar-refractivity contribution is 6.30. The molecule has 268 valence electrons. The average molecular weight is 741 g/mol. The maximum absolute atomic E-state index is 9.65. The number of rotatable bonds is 4. The molecule has 0 radical (unpaired) electrons. The van der Waals surface area contributed by atoms with Gasteiger partial charge in [0.15, 0.2) is 0 Å². The fourth-order valence-corrected chi connectivity index (χ4v) is 9.43. The zero-order valence-corrected chi connectivity index (χ0v) is 31.2. The van der Waals surface area contributed by atoms with Crippen LogP contribution in [0.25, 0.3) is 120 Å². The van der Waals surface area contributed by atoms with Crippen molar-refractivity contribution in [3.63, 3.8) is 0 Å². The van der Waals surface area contributed by atoms with Gasteiger partial charge in [-0.15, -0.1) is 0 Å². The van der Waals surface area contributed by atoms with Gasteiger partial charge in [0.2, 0.25) is 0 Å². The molecule has 0 saturated heterocycles. The van der Waals surface area contributed by atoms with Gasteiger partial charge in [-0.3, -0.25) is 0 Å². The van der Waals surface area contributed by atoms with E-state index in [0.29, 0.717) is 22.3 Å². The second-order valence-electron chi connectivity index (χ2n) is 14.9. The molecule has 12 aromatic carbocycles. The van der Waals surface area contributed by atoms with Crippen molar-refractivity contribution in [3.05, 3.63) is 218 Å². The van der Waals surface area contributed by atoms with Crippen LogP contribution in [-0.4, -0.2) is 0 Å². The summed E-state index contributed by atoms with van der Waals surface area (Å²) in [6, 6.07) is 54.7. The van der Waals surface area contributed by atoms with Crippen LogP contribution in [0.1, 0.15) is 11.0 Å². The Bertz CT molecular complexity index is 3930. The molecule has 0 aliphatic carbocycles. The van der Waals surface area contributed by atoms with Crippen molar-refractivity contribution < 1.29 is 11.0 Å². The Morgan fingerprint density at radius 2 is 0.690 bits per heavy atom. The first-order chi connectivity index (χ1) is 32.1. The molecule has 0 aliphatic heterocycles. The van der Waals surface area contributed by atoms with Crippen LogP contribution >= 0.6 is 0 Å². The summed E-state index contributed by atoms with van der Waals surface area (Å²) in [6.07, 6.45) is 0. The monoisotopic (exact) mass is 740 g/mol. The van der Waals surface area contributed by atoms with Gasteiger partial charge >= 0.3 is 0 Å². The van der Waals surface area contributed by atoms with Gasteiger partial charge in [0.05, 0.1) is 11.0 Å². The highest BCUT2D eigenvalue weighted by atomic mass is 14.2. The lowest BCUT2D eigenvalue weighted by atomic mass is 9.82. The second kappa shape index (κ2) is 13.0. The Morgan fingerprint density at radius 1 is 0.259 bits per heavy atom. The molecule has 0 aliphatic rings. The maximum atomic E-state index is 9.65. The Kier molecular flexibility index (Phi) is 5.74. The lowest BCUT2D eigenvalue weighted by Crippen LogP contribution is -1.93. The lowest BCUT2D eigenvalue weighted by Gasteiger charge is -2.21. The minimum atomic E-state index is -0.427. The third-order valence-corrected chi connectivity index (χ3v) is 11.8. The van der Waals surface area contributed by atoms with Crippen LogP contribution in [0.4, 0.5) is 0 Å². The fraction of sp³-hybridized carbons (Fsp3) is 0. The van der Waals surface area contributed by atoms with E-state index >= 15 is 0 Å². The predicted molar refractivity (Wildman–Crippen MR) is 251 cm³/mol. The molecule has 0 bridgehead atoms. The summed E-state index contributed by atoms with van der Waals surface area (Å²) < 4.78 is 74.2. The normalized spacial score (nSPS) is 13.7. The fourth-order valence-electron chi connectivity index (χ4n) is 9.43. The first-order valence-electron chi connectivity index (χ1n) is 23.5. The van der Waals surface area contributed by atoms with Crippen LogP contribution < -0.4 is 0 Å². The molecule has 12 rings (SSSR count). The summed E-state index contributed by atoms with van der Waals surface area (Å²) in [6.45, 7) is 0. The molecule has 0 amide bonds. The molecule has 0 saturated carbocycles. The van der Waals surface area contributed by atoms with Gasteiger partial charge in [0.25, 0.3) is 0 Å². The van der Waals surface area contributed by atoms with Gasteiger partial charge in [-0.05, 0) is 132 Å². The molecule has 0 atom stereocenters. The maximum Gasteiger partial charge on any atom is 0.0629 e. The molecule has 0 fully saturated rings. The van der Waals surface area contributed by atoms with Gasteiger partial charge in [-0.1, -0.05) is 206 Å². The Balaban J connectivity index is 1.30. The first kappa shape index (κ1) is 25.6. The van der Waals surface area contributed by atoms with E-state index in [2.05, 4.69) is 115 Å². The van der Waals surface area contributed by atoms with Gasteiger partial charge in [0.1, 0.15) is 0 Å². The average Bonchev–Trinajstić information content (AvgIpc) is 3.36. The largest absolute Gasteiger partial charge is 0.0629 e. The standard InChI is InChI=1S/C58H36/c1-3-18-38(19-4-1)54-44-23-9-11-25-46(44)57(47-26-12-10-24-45(47)54)41-33-34-43-52(35-41)56-40(32-31-37-17-7-8-22-42(37)56)36-53(43)58-50-29-15-13-27-48(50)55(39-20-5-2-6-21-39)49-28-14-16-30-51(49)58/h1-36H/i13D,14D,15D,16D,27D,28D,29D,30D. The highest BCUT2D eigenvalue weighted by Crippen LogP contribution is 2.49. The smallest absolute Gasteiger partial charge is 0.0622 e. The molecule has 0 unspecified atom stereocenters. The van der Waals surface area contributed by atoms with Crippen molar-refractivity contribution in [1.82, 2.24) is 0 Å². The highest BCUT2D eigenvalue weighted by Gasteiger charge is 2.21. The van der Waals surface area contributed by atoms with Gasteiger partial charge in [-0.2, -0.15) is 0 Å². The molecular weight excluding hydrogens is 697 g/mol. The minimum absolute atomic E-state index is 0.191. The van der Waals surface area contributed by atoms with Crippen LogP contribution in [0.15, 0.2) is 218 Å². The molecule has 0 heterocycles. The van der Waals surface area contributed by atoms with Crippen molar-refractivity contribution in [2.24, 2.45) is 0 Å². The van der Waals surface area contributed by atoms with Crippen LogP contribution in [0.5, 0.6) is 0 Å². The van der Waals surface area contributed by atoms with Crippen molar-refractivity contribution in [2.45, 2.75) is 0 Å². The van der Waals surface area contributed by atoms with E-state index in [1.165, 1.54) is 0 Å². The van der Waals surface area contributed by atoms with Crippen LogP contribution in [0.2, 0.25) is 0 Å². The molecule has 0 nitrogen and oxygen atoms in total. The third kappa shape index (κ3) is 4.89. The lowest BCUT2D eigenvalue weighted by molar-refractivity contribution is 1.66. The predicted octanol–water partition coefficient (Wildman–Crippen LogP) is 16.4. The second-order valence-corrected chi connectivity index (χ2v) is 14.9.